The summed E-state index contributed by atoms with van der Waals surface area (Å²) in [4.78, 5) is 20.3. The van der Waals surface area contributed by atoms with Crippen LogP contribution < -0.4 is 0 Å². The second-order valence-electron chi connectivity index (χ2n) is 5.12. The Morgan fingerprint density at radius 2 is 1.16 bits per heavy atom. The molecule has 2 rings (SSSR count). The molecule has 0 aromatic heterocycles. The normalized spacial score (nSPS) is 11.3. The minimum Gasteiger partial charge on any atom is -0.258 e. The molecule has 11 heteroatoms. The average Bonchev–Trinajstić information content (AvgIpc) is 2.50. The number of nitro benzene ring substituents is 2. The van der Waals surface area contributed by atoms with Crippen LogP contribution in [0.1, 0.15) is 11.1 Å². The molecule has 132 valence electrons. The van der Waals surface area contributed by atoms with E-state index in [1.807, 2.05) is 0 Å². The highest BCUT2D eigenvalue weighted by atomic mass is 35.5. The van der Waals surface area contributed by atoms with Crippen LogP contribution in [0.25, 0.3) is 0 Å². The highest BCUT2D eigenvalue weighted by molar-refractivity contribution is 7.89. The Kier molecular flexibility index (Phi) is 5.61. The molecule has 0 atom stereocenters. The fourth-order valence-corrected chi connectivity index (χ4v) is 3.98. The van der Waals surface area contributed by atoms with Crippen LogP contribution in [-0.4, -0.2) is 18.3 Å². The first kappa shape index (κ1) is 19.1. The molecule has 0 saturated heterocycles. The number of hydrogen-bond donors (Lipinski definition) is 0. The summed E-state index contributed by atoms with van der Waals surface area (Å²) in [6, 6.07) is 7.41. The van der Waals surface area contributed by atoms with Crippen molar-refractivity contribution < 1.29 is 18.3 Å². The Morgan fingerprint density at radius 1 is 0.800 bits per heavy atom. The minimum absolute atomic E-state index is 0.0977. The van der Waals surface area contributed by atoms with E-state index in [0.29, 0.717) is 0 Å². The van der Waals surface area contributed by atoms with E-state index in [4.69, 9.17) is 23.2 Å². The Morgan fingerprint density at radius 3 is 1.48 bits per heavy atom. The van der Waals surface area contributed by atoms with Crippen LogP contribution in [0.15, 0.2) is 36.4 Å². The number of hydrogen-bond acceptors (Lipinski definition) is 6. The van der Waals surface area contributed by atoms with Gasteiger partial charge in [-0.05, 0) is 23.3 Å². The fraction of sp³-hybridized carbons (Fsp3) is 0.143. The Bertz CT molecular complexity index is 890. The first-order valence-electron chi connectivity index (χ1n) is 6.65. The van der Waals surface area contributed by atoms with Crippen molar-refractivity contribution in [2.24, 2.45) is 0 Å². The van der Waals surface area contributed by atoms with Gasteiger partial charge in [-0.25, -0.2) is 8.42 Å². The molecular formula is C14H10Cl2N2O6S. The summed E-state index contributed by atoms with van der Waals surface area (Å²) in [7, 11) is -3.73. The van der Waals surface area contributed by atoms with E-state index in [1.54, 1.807) is 0 Å². The lowest BCUT2D eigenvalue weighted by atomic mass is 10.2. The summed E-state index contributed by atoms with van der Waals surface area (Å²) >= 11 is 11.4. The molecule has 0 heterocycles. The highest BCUT2D eigenvalue weighted by Gasteiger charge is 2.20. The number of rotatable bonds is 6. The zero-order chi connectivity index (χ0) is 18.8. The average molecular weight is 405 g/mol. The number of benzene rings is 2. The van der Waals surface area contributed by atoms with Gasteiger partial charge in [-0.3, -0.25) is 20.2 Å². The van der Waals surface area contributed by atoms with Crippen molar-refractivity contribution in [2.45, 2.75) is 11.5 Å². The van der Waals surface area contributed by atoms with E-state index in [0.717, 1.165) is 12.1 Å². The lowest BCUT2D eigenvalue weighted by molar-refractivity contribution is -0.384. The van der Waals surface area contributed by atoms with Crippen LogP contribution in [-0.2, 0) is 21.3 Å². The second kappa shape index (κ2) is 7.34. The monoisotopic (exact) mass is 404 g/mol. The predicted molar refractivity (Wildman–Crippen MR) is 92.5 cm³/mol. The number of sulfone groups is 1. The maximum Gasteiger partial charge on any atom is 0.288 e. The zero-order valence-electron chi connectivity index (χ0n) is 12.4. The molecule has 8 nitrogen and oxygen atoms in total. The molecule has 25 heavy (non-hydrogen) atoms. The van der Waals surface area contributed by atoms with E-state index in [1.165, 1.54) is 24.3 Å². The SMILES string of the molecule is O=[N+]([O-])c1cc(CS(=O)(=O)Cc2ccc(Cl)c([N+](=O)[O-])c2)ccc1Cl. The van der Waals surface area contributed by atoms with Gasteiger partial charge in [-0.15, -0.1) is 0 Å². The Labute approximate surface area is 152 Å². The summed E-state index contributed by atoms with van der Waals surface area (Å²) in [6.45, 7) is 0. The number of nitrogens with zero attached hydrogens (tertiary/aromatic N) is 2. The van der Waals surface area contributed by atoms with Gasteiger partial charge < -0.3 is 0 Å². The molecule has 0 radical (unpaired) electrons. The first-order valence-corrected chi connectivity index (χ1v) is 9.23. The Balaban J connectivity index is 2.26. The van der Waals surface area contributed by atoms with Gasteiger partial charge in [0.1, 0.15) is 10.0 Å². The highest BCUT2D eigenvalue weighted by Crippen LogP contribution is 2.28. The van der Waals surface area contributed by atoms with Gasteiger partial charge in [0, 0.05) is 12.1 Å². The second-order valence-corrected chi connectivity index (χ2v) is 8.00. The van der Waals surface area contributed by atoms with Crippen molar-refractivity contribution in [1.82, 2.24) is 0 Å². The van der Waals surface area contributed by atoms with Crippen LogP contribution in [0.5, 0.6) is 0 Å². The van der Waals surface area contributed by atoms with E-state index in [-0.39, 0.29) is 21.2 Å². The van der Waals surface area contributed by atoms with Crippen molar-refractivity contribution >= 4 is 44.4 Å². The van der Waals surface area contributed by atoms with E-state index in [2.05, 4.69) is 0 Å². The third-order valence-electron chi connectivity index (χ3n) is 3.19. The smallest absolute Gasteiger partial charge is 0.258 e. The molecule has 0 aliphatic heterocycles. The maximum absolute atomic E-state index is 12.3. The van der Waals surface area contributed by atoms with Gasteiger partial charge >= 0.3 is 0 Å². The predicted octanol–water partition coefficient (Wildman–Crippen LogP) is 3.92. The lowest BCUT2D eigenvalue weighted by Gasteiger charge is -2.06. The van der Waals surface area contributed by atoms with Crippen molar-refractivity contribution in [2.75, 3.05) is 0 Å². The topological polar surface area (TPSA) is 120 Å². The first-order chi connectivity index (χ1) is 11.6. The lowest BCUT2D eigenvalue weighted by Crippen LogP contribution is -2.08. The molecule has 0 aliphatic carbocycles. The fourth-order valence-electron chi connectivity index (χ4n) is 2.13. The van der Waals surface area contributed by atoms with Crippen LogP contribution in [0.2, 0.25) is 10.0 Å². The maximum atomic E-state index is 12.3. The summed E-state index contributed by atoms with van der Waals surface area (Å²) in [5, 5.41) is 21.5. The van der Waals surface area contributed by atoms with Gasteiger partial charge in [0.25, 0.3) is 11.4 Å². The molecular weight excluding hydrogens is 395 g/mol. The quantitative estimate of drug-likeness (QED) is 0.531. The van der Waals surface area contributed by atoms with E-state index < -0.39 is 42.6 Å². The molecule has 0 N–H and O–H groups in total. The molecule has 2 aromatic carbocycles. The molecule has 0 amide bonds. The van der Waals surface area contributed by atoms with Crippen molar-refractivity contribution in [1.29, 1.82) is 0 Å². The van der Waals surface area contributed by atoms with Crippen LogP contribution >= 0.6 is 23.2 Å². The molecule has 0 saturated carbocycles. The van der Waals surface area contributed by atoms with Gasteiger partial charge in [0.05, 0.1) is 21.4 Å². The summed E-state index contributed by atoms with van der Waals surface area (Å²) in [5.74, 6) is -0.942. The van der Waals surface area contributed by atoms with Gasteiger partial charge in [0.2, 0.25) is 0 Å². The van der Waals surface area contributed by atoms with E-state index >= 15 is 0 Å². The third-order valence-corrected chi connectivity index (χ3v) is 5.37. The molecule has 0 fully saturated rings. The molecule has 0 aliphatic rings. The van der Waals surface area contributed by atoms with Gasteiger partial charge in [0.15, 0.2) is 9.84 Å². The number of nitro groups is 2. The molecule has 0 unspecified atom stereocenters. The van der Waals surface area contributed by atoms with Gasteiger partial charge in [-0.1, -0.05) is 35.3 Å². The van der Waals surface area contributed by atoms with Crippen molar-refractivity contribution in [3.05, 3.63) is 77.8 Å². The molecule has 0 bridgehead atoms. The van der Waals surface area contributed by atoms with Gasteiger partial charge in [-0.2, -0.15) is 0 Å². The largest absolute Gasteiger partial charge is 0.288 e. The van der Waals surface area contributed by atoms with E-state index in [9.17, 15) is 28.6 Å². The van der Waals surface area contributed by atoms with Crippen LogP contribution in [0.3, 0.4) is 0 Å². The van der Waals surface area contributed by atoms with Crippen molar-refractivity contribution in [3.8, 4) is 0 Å². The van der Waals surface area contributed by atoms with Crippen molar-refractivity contribution in [3.63, 3.8) is 0 Å². The Hall–Kier alpha value is -2.23. The van der Waals surface area contributed by atoms with Crippen LogP contribution in [0, 0.1) is 20.2 Å². The van der Waals surface area contributed by atoms with Crippen LogP contribution in [0.4, 0.5) is 11.4 Å². The summed E-state index contributed by atoms with van der Waals surface area (Å²) in [6.07, 6.45) is 0. The third kappa shape index (κ3) is 4.88. The zero-order valence-corrected chi connectivity index (χ0v) is 14.7. The summed E-state index contributed by atoms with van der Waals surface area (Å²) in [5.41, 5.74) is -0.396. The standard InChI is InChI=1S/C14H10Cl2N2O6S/c15-11-3-1-9(5-13(11)17(19)20)7-25(23,24)8-10-2-4-12(16)14(6-10)18(21)22/h1-6H,7-8H2. The molecule has 0 spiro atoms. The number of halogens is 2. The minimum atomic E-state index is -3.73. The summed E-state index contributed by atoms with van der Waals surface area (Å²) < 4.78 is 24.6. The molecule has 2 aromatic rings.